The molecule has 0 radical (unpaired) electrons. The van der Waals surface area contributed by atoms with Crippen molar-refractivity contribution in [2.45, 2.75) is 20.4 Å². The van der Waals surface area contributed by atoms with Gasteiger partial charge in [0.2, 0.25) is 0 Å². The lowest BCUT2D eigenvalue weighted by molar-refractivity contribution is 0.0696. The fourth-order valence-electron chi connectivity index (χ4n) is 3.02. The Kier molecular flexibility index (Phi) is 4.95. The number of hydrogen-bond donors (Lipinski definition) is 2. The maximum absolute atomic E-state index is 12.8. The lowest BCUT2D eigenvalue weighted by atomic mass is 10.1. The second-order valence-corrected chi connectivity index (χ2v) is 6.77. The molecule has 6 nitrogen and oxygen atoms in total. The van der Waals surface area contributed by atoms with Gasteiger partial charge in [0.1, 0.15) is 0 Å². The van der Waals surface area contributed by atoms with E-state index in [0.717, 1.165) is 10.9 Å². The number of amides is 1. The molecule has 1 amide bonds. The van der Waals surface area contributed by atoms with Crippen molar-refractivity contribution in [2.24, 2.45) is 5.92 Å². The number of nitriles is 1. The molecule has 3 rings (SSSR count). The van der Waals surface area contributed by atoms with Crippen molar-refractivity contribution in [1.82, 2.24) is 4.57 Å². The summed E-state index contributed by atoms with van der Waals surface area (Å²) >= 11 is 0. The van der Waals surface area contributed by atoms with Crippen LogP contribution >= 0.6 is 0 Å². The number of rotatable bonds is 5. The molecule has 0 saturated carbocycles. The van der Waals surface area contributed by atoms with Crippen LogP contribution in [-0.2, 0) is 6.54 Å². The molecule has 6 heteroatoms. The third-order valence-electron chi connectivity index (χ3n) is 4.19. The molecule has 0 atom stereocenters. The lowest BCUT2D eigenvalue weighted by Gasteiger charge is -2.08. The van der Waals surface area contributed by atoms with Crippen LogP contribution in [-0.4, -0.2) is 21.6 Å². The Morgan fingerprint density at radius 1 is 1.22 bits per heavy atom. The number of aromatic carboxylic acids is 1. The molecule has 0 aliphatic carbocycles. The van der Waals surface area contributed by atoms with E-state index < -0.39 is 5.97 Å². The first-order valence-corrected chi connectivity index (χ1v) is 8.56. The maximum atomic E-state index is 12.8. The van der Waals surface area contributed by atoms with Gasteiger partial charge in [0.15, 0.2) is 0 Å². The van der Waals surface area contributed by atoms with Gasteiger partial charge in [-0.05, 0) is 36.2 Å². The first-order chi connectivity index (χ1) is 12.9. The third kappa shape index (κ3) is 3.82. The molecule has 1 heterocycles. The summed E-state index contributed by atoms with van der Waals surface area (Å²) in [5, 5.41) is 21.8. The van der Waals surface area contributed by atoms with Crippen LogP contribution in [0, 0.1) is 17.2 Å². The van der Waals surface area contributed by atoms with Gasteiger partial charge in [-0.1, -0.05) is 26.0 Å². The zero-order valence-electron chi connectivity index (χ0n) is 15.1. The average Bonchev–Trinajstić information content (AvgIpc) is 2.99. The zero-order valence-corrected chi connectivity index (χ0v) is 15.1. The normalized spacial score (nSPS) is 10.7. The van der Waals surface area contributed by atoms with Crippen molar-refractivity contribution < 1.29 is 14.7 Å². The quantitative estimate of drug-likeness (QED) is 0.714. The molecule has 2 N–H and O–H groups in total. The van der Waals surface area contributed by atoms with E-state index in [1.807, 2.05) is 4.57 Å². The molecule has 0 aliphatic rings. The highest BCUT2D eigenvalue weighted by atomic mass is 16.4. The largest absolute Gasteiger partial charge is 0.478 e. The fourth-order valence-corrected chi connectivity index (χ4v) is 3.02. The predicted octanol–water partition coefficient (Wildman–Crippen LogP) is 4.12. The third-order valence-corrected chi connectivity index (χ3v) is 4.19. The Labute approximate surface area is 156 Å². The van der Waals surface area contributed by atoms with Gasteiger partial charge in [-0.15, -0.1) is 0 Å². The second kappa shape index (κ2) is 7.34. The molecule has 0 unspecified atom stereocenters. The molecule has 0 spiro atoms. The van der Waals surface area contributed by atoms with Gasteiger partial charge in [0.05, 0.1) is 28.3 Å². The predicted molar refractivity (Wildman–Crippen MR) is 103 cm³/mol. The van der Waals surface area contributed by atoms with Crippen LogP contribution < -0.4 is 5.32 Å². The van der Waals surface area contributed by atoms with Crippen LogP contribution in [0.15, 0.2) is 48.7 Å². The highest BCUT2D eigenvalue weighted by molar-refractivity contribution is 6.13. The van der Waals surface area contributed by atoms with Crippen LogP contribution in [0.1, 0.15) is 40.1 Å². The van der Waals surface area contributed by atoms with Crippen molar-refractivity contribution in [1.29, 1.82) is 5.26 Å². The average molecular weight is 361 g/mol. The minimum atomic E-state index is -1.05. The molecule has 136 valence electrons. The van der Waals surface area contributed by atoms with Gasteiger partial charge in [-0.2, -0.15) is 5.26 Å². The van der Waals surface area contributed by atoms with Crippen LogP contribution in [0.3, 0.4) is 0 Å². The summed E-state index contributed by atoms with van der Waals surface area (Å²) < 4.78 is 1.98. The van der Waals surface area contributed by atoms with E-state index in [2.05, 4.69) is 25.2 Å². The number of hydrogen-bond acceptors (Lipinski definition) is 3. The Bertz CT molecular complexity index is 1070. The van der Waals surface area contributed by atoms with E-state index in [0.29, 0.717) is 29.3 Å². The molecule has 0 saturated heterocycles. The number of carboxylic acid groups (broad SMARTS) is 1. The first kappa shape index (κ1) is 18.2. The van der Waals surface area contributed by atoms with Crippen LogP contribution in [0.4, 0.5) is 5.69 Å². The van der Waals surface area contributed by atoms with Crippen molar-refractivity contribution in [3.63, 3.8) is 0 Å². The Hall–Kier alpha value is -3.59. The number of nitrogens with one attached hydrogen (secondary N) is 1. The highest BCUT2D eigenvalue weighted by Gasteiger charge is 2.17. The standard InChI is InChI=1S/C21H19N3O3/c1-13(2)11-24-12-18(17-7-6-14(10-22)8-19(17)24)20(25)23-16-5-3-4-15(9-16)21(26)27/h3-9,12-13H,11H2,1-2H3,(H,23,25)(H,26,27). The summed E-state index contributed by atoms with van der Waals surface area (Å²) in [5.74, 6) is -1.01. The van der Waals surface area contributed by atoms with Crippen molar-refractivity contribution in [3.05, 3.63) is 65.4 Å². The van der Waals surface area contributed by atoms with E-state index in [9.17, 15) is 9.59 Å². The molecular weight excluding hydrogens is 342 g/mol. The lowest BCUT2D eigenvalue weighted by Crippen LogP contribution is -2.12. The molecular formula is C21H19N3O3. The van der Waals surface area contributed by atoms with Crippen molar-refractivity contribution in [3.8, 4) is 6.07 Å². The van der Waals surface area contributed by atoms with Gasteiger partial charge in [-0.3, -0.25) is 4.79 Å². The topological polar surface area (TPSA) is 95.1 Å². The van der Waals surface area contributed by atoms with E-state index in [-0.39, 0.29) is 11.5 Å². The number of fused-ring (bicyclic) bond motifs is 1. The molecule has 2 aromatic carbocycles. The van der Waals surface area contributed by atoms with Crippen LogP contribution in [0.5, 0.6) is 0 Å². The van der Waals surface area contributed by atoms with Gasteiger partial charge >= 0.3 is 5.97 Å². The second-order valence-electron chi connectivity index (χ2n) is 6.77. The molecule has 27 heavy (non-hydrogen) atoms. The maximum Gasteiger partial charge on any atom is 0.335 e. The summed E-state index contributed by atoms with van der Waals surface area (Å²) in [4.78, 5) is 23.9. The summed E-state index contributed by atoms with van der Waals surface area (Å²) in [6.45, 7) is 4.88. The minimum absolute atomic E-state index is 0.105. The zero-order chi connectivity index (χ0) is 19.6. The van der Waals surface area contributed by atoms with Crippen molar-refractivity contribution in [2.75, 3.05) is 5.32 Å². The molecule has 0 aliphatic heterocycles. The number of carboxylic acids is 1. The summed E-state index contributed by atoms with van der Waals surface area (Å²) in [7, 11) is 0. The highest BCUT2D eigenvalue weighted by Crippen LogP contribution is 2.25. The number of anilines is 1. The van der Waals surface area contributed by atoms with Crippen LogP contribution in [0.2, 0.25) is 0 Å². The Balaban J connectivity index is 2.00. The molecule has 0 bridgehead atoms. The molecule has 3 aromatic rings. The summed E-state index contributed by atoms with van der Waals surface area (Å²) in [6.07, 6.45) is 1.78. The van der Waals surface area contributed by atoms with Crippen LogP contribution in [0.25, 0.3) is 10.9 Å². The number of nitrogens with zero attached hydrogens (tertiary/aromatic N) is 2. The summed E-state index contributed by atoms with van der Waals surface area (Å²) in [5.41, 5.74) is 2.36. The van der Waals surface area contributed by atoms with Crippen molar-refractivity contribution >= 4 is 28.5 Å². The van der Waals surface area contributed by atoms with E-state index in [1.54, 1.807) is 36.5 Å². The van der Waals surface area contributed by atoms with E-state index in [4.69, 9.17) is 10.4 Å². The number of carbonyl (C=O) groups is 2. The fraction of sp³-hybridized carbons (Fsp3) is 0.190. The Morgan fingerprint density at radius 3 is 2.67 bits per heavy atom. The number of benzene rings is 2. The monoisotopic (exact) mass is 361 g/mol. The molecule has 1 aromatic heterocycles. The van der Waals surface area contributed by atoms with Gasteiger partial charge in [0, 0.05) is 23.8 Å². The van der Waals surface area contributed by atoms with E-state index >= 15 is 0 Å². The van der Waals surface area contributed by atoms with Gasteiger partial charge in [-0.25, -0.2) is 4.79 Å². The number of aromatic nitrogens is 1. The van der Waals surface area contributed by atoms with E-state index in [1.165, 1.54) is 12.1 Å². The first-order valence-electron chi connectivity index (χ1n) is 8.56. The van der Waals surface area contributed by atoms with Gasteiger partial charge < -0.3 is 15.0 Å². The number of carbonyl (C=O) groups excluding carboxylic acids is 1. The van der Waals surface area contributed by atoms with Gasteiger partial charge in [0.25, 0.3) is 5.91 Å². The smallest absolute Gasteiger partial charge is 0.335 e. The Morgan fingerprint density at radius 2 is 2.00 bits per heavy atom. The molecule has 0 fully saturated rings. The SMILES string of the molecule is CC(C)Cn1cc(C(=O)Nc2cccc(C(=O)O)c2)c2ccc(C#N)cc21. The minimum Gasteiger partial charge on any atom is -0.478 e. The summed E-state index contributed by atoms with van der Waals surface area (Å²) in [6, 6.07) is 13.5.